The van der Waals surface area contributed by atoms with E-state index in [4.69, 9.17) is 0 Å². The van der Waals surface area contributed by atoms with Crippen molar-refractivity contribution in [2.24, 2.45) is 5.92 Å². The molecule has 26 heavy (non-hydrogen) atoms. The number of carbonyl (C=O) groups excluding carboxylic acids is 3. The number of aromatic nitrogens is 2. The van der Waals surface area contributed by atoms with Crippen molar-refractivity contribution in [1.82, 2.24) is 15.1 Å². The van der Waals surface area contributed by atoms with Crippen LogP contribution in [0.2, 0.25) is 0 Å². The van der Waals surface area contributed by atoms with Gasteiger partial charge in [0.1, 0.15) is 11.0 Å². The Kier molecular flexibility index (Phi) is 5.13. The third-order valence-corrected chi connectivity index (χ3v) is 5.12. The van der Waals surface area contributed by atoms with Crippen LogP contribution in [0.4, 0.5) is 5.13 Å². The average Bonchev–Trinajstić information content (AvgIpc) is 3.16. The third kappa shape index (κ3) is 3.37. The van der Waals surface area contributed by atoms with Crippen molar-refractivity contribution in [3.8, 4) is 0 Å². The number of amides is 3. The van der Waals surface area contributed by atoms with E-state index < -0.39 is 23.8 Å². The molecule has 7 nitrogen and oxygen atoms in total. The van der Waals surface area contributed by atoms with Gasteiger partial charge in [0, 0.05) is 0 Å². The first-order valence-corrected chi connectivity index (χ1v) is 9.34. The van der Waals surface area contributed by atoms with Gasteiger partial charge in [-0.15, -0.1) is 10.2 Å². The van der Waals surface area contributed by atoms with Crippen LogP contribution in [-0.4, -0.2) is 38.9 Å². The summed E-state index contributed by atoms with van der Waals surface area (Å²) in [6.07, 6.45) is 1.10. The van der Waals surface area contributed by atoms with E-state index in [0.29, 0.717) is 22.7 Å². The highest BCUT2D eigenvalue weighted by Gasteiger charge is 2.42. The topological polar surface area (TPSA) is 92.3 Å². The second-order valence-corrected chi connectivity index (χ2v) is 7.58. The number of hydrogen-bond acceptors (Lipinski definition) is 6. The Balaban J connectivity index is 1.87. The molecule has 1 aliphatic rings. The van der Waals surface area contributed by atoms with Crippen LogP contribution in [0.3, 0.4) is 0 Å². The van der Waals surface area contributed by atoms with Crippen LogP contribution < -0.4 is 5.32 Å². The van der Waals surface area contributed by atoms with Gasteiger partial charge in [-0.05, 0) is 30.9 Å². The molecule has 2 aromatic rings. The molecule has 0 unspecified atom stereocenters. The van der Waals surface area contributed by atoms with Gasteiger partial charge in [0.2, 0.25) is 11.0 Å². The Labute approximate surface area is 155 Å². The maximum atomic E-state index is 12.9. The van der Waals surface area contributed by atoms with Gasteiger partial charge in [0.25, 0.3) is 11.8 Å². The first kappa shape index (κ1) is 18.2. The van der Waals surface area contributed by atoms with Crippen molar-refractivity contribution in [2.75, 3.05) is 5.32 Å². The molecule has 0 spiro atoms. The lowest BCUT2D eigenvalue weighted by Crippen LogP contribution is -2.47. The van der Waals surface area contributed by atoms with Crippen LogP contribution in [0.25, 0.3) is 0 Å². The summed E-state index contributed by atoms with van der Waals surface area (Å²) in [6.45, 7) is 5.84. The maximum absolute atomic E-state index is 12.9. The fourth-order valence-corrected chi connectivity index (χ4v) is 3.59. The third-order valence-electron chi connectivity index (χ3n) is 4.13. The van der Waals surface area contributed by atoms with Crippen LogP contribution in [0, 0.1) is 5.92 Å². The monoisotopic (exact) mass is 372 g/mol. The number of carbonyl (C=O) groups is 3. The molecule has 0 saturated heterocycles. The minimum Gasteiger partial charge on any atom is -0.299 e. The van der Waals surface area contributed by atoms with Crippen molar-refractivity contribution < 1.29 is 14.4 Å². The van der Waals surface area contributed by atoms with Gasteiger partial charge in [-0.3, -0.25) is 24.6 Å². The number of rotatable bonds is 6. The molecule has 2 heterocycles. The molecule has 0 aliphatic carbocycles. The van der Waals surface area contributed by atoms with Crippen molar-refractivity contribution in [3.05, 3.63) is 40.4 Å². The van der Waals surface area contributed by atoms with Crippen molar-refractivity contribution in [1.29, 1.82) is 0 Å². The second-order valence-electron chi connectivity index (χ2n) is 6.51. The second kappa shape index (κ2) is 7.33. The van der Waals surface area contributed by atoms with Crippen LogP contribution in [0.5, 0.6) is 0 Å². The van der Waals surface area contributed by atoms with Crippen molar-refractivity contribution >= 4 is 34.2 Å². The van der Waals surface area contributed by atoms with E-state index in [1.165, 1.54) is 11.3 Å². The van der Waals surface area contributed by atoms with E-state index in [-0.39, 0.29) is 5.92 Å². The standard InChI is InChI=1S/C18H20N4O3S/c1-4-14-20-21-18(26-14)19-15(23)13(9-10(2)3)22-16(24)11-7-5-6-8-12(11)17(22)25/h5-8,10,13H,4,9H2,1-3H3,(H,19,21,23)/t13-/m1/s1. The fourth-order valence-electron chi connectivity index (χ4n) is 2.90. The molecule has 1 atom stereocenters. The molecule has 3 amide bonds. The van der Waals surface area contributed by atoms with Gasteiger partial charge in [-0.25, -0.2) is 0 Å². The smallest absolute Gasteiger partial charge is 0.262 e. The van der Waals surface area contributed by atoms with E-state index in [0.717, 1.165) is 16.3 Å². The number of benzene rings is 1. The molecule has 1 aromatic heterocycles. The number of anilines is 1. The number of imide groups is 1. The van der Waals surface area contributed by atoms with E-state index in [1.54, 1.807) is 24.3 Å². The minimum absolute atomic E-state index is 0.121. The minimum atomic E-state index is -0.892. The maximum Gasteiger partial charge on any atom is 0.262 e. The highest BCUT2D eigenvalue weighted by molar-refractivity contribution is 7.15. The SMILES string of the molecule is CCc1nnc(NC(=O)[C@@H](CC(C)C)N2C(=O)c3ccccc3C2=O)s1. The summed E-state index contributed by atoms with van der Waals surface area (Å²) in [5.41, 5.74) is 0.673. The molecule has 0 bridgehead atoms. The number of aryl methyl sites for hydroxylation is 1. The van der Waals surface area contributed by atoms with Crippen LogP contribution in [0.1, 0.15) is 52.9 Å². The fraction of sp³-hybridized carbons (Fsp3) is 0.389. The molecule has 1 N–H and O–H groups in total. The summed E-state index contributed by atoms with van der Waals surface area (Å²) in [7, 11) is 0. The predicted octanol–water partition coefficient (Wildman–Crippen LogP) is 2.75. The molecule has 0 saturated carbocycles. The summed E-state index contributed by atoms with van der Waals surface area (Å²) in [6, 6.07) is 5.74. The average molecular weight is 372 g/mol. The lowest BCUT2D eigenvalue weighted by molar-refractivity contribution is -0.120. The Hall–Kier alpha value is -2.61. The largest absolute Gasteiger partial charge is 0.299 e. The first-order chi connectivity index (χ1) is 12.4. The van der Waals surface area contributed by atoms with Crippen LogP contribution in [-0.2, 0) is 11.2 Å². The first-order valence-electron chi connectivity index (χ1n) is 8.52. The van der Waals surface area contributed by atoms with Crippen molar-refractivity contribution in [3.63, 3.8) is 0 Å². The van der Waals surface area contributed by atoms with Crippen LogP contribution >= 0.6 is 11.3 Å². The van der Waals surface area contributed by atoms with E-state index in [2.05, 4.69) is 15.5 Å². The highest BCUT2D eigenvalue weighted by Crippen LogP contribution is 2.28. The molecule has 0 fully saturated rings. The zero-order chi connectivity index (χ0) is 18.8. The van der Waals surface area contributed by atoms with E-state index in [9.17, 15) is 14.4 Å². The Bertz CT molecular complexity index is 827. The highest BCUT2D eigenvalue weighted by atomic mass is 32.1. The molecule has 1 aliphatic heterocycles. The quantitative estimate of drug-likeness (QED) is 0.787. The zero-order valence-electron chi connectivity index (χ0n) is 14.9. The molecule has 0 radical (unpaired) electrons. The predicted molar refractivity (Wildman–Crippen MR) is 98.1 cm³/mol. The molecule has 136 valence electrons. The Morgan fingerprint density at radius 1 is 1.15 bits per heavy atom. The number of hydrogen-bond donors (Lipinski definition) is 1. The van der Waals surface area contributed by atoms with Crippen LogP contribution in [0.15, 0.2) is 24.3 Å². The van der Waals surface area contributed by atoms with Gasteiger partial charge in [0.15, 0.2) is 0 Å². The van der Waals surface area contributed by atoms with Gasteiger partial charge < -0.3 is 0 Å². The molecule has 3 rings (SSSR count). The molecular formula is C18H20N4O3S. The number of nitrogens with zero attached hydrogens (tertiary/aromatic N) is 3. The molecule has 8 heteroatoms. The lowest BCUT2D eigenvalue weighted by atomic mass is 10.0. The summed E-state index contributed by atoms with van der Waals surface area (Å²) in [4.78, 5) is 39.4. The van der Waals surface area contributed by atoms with Gasteiger partial charge >= 0.3 is 0 Å². The van der Waals surface area contributed by atoms with Gasteiger partial charge in [-0.2, -0.15) is 0 Å². The summed E-state index contributed by atoms with van der Waals surface area (Å²) in [5, 5.41) is 11.8. The number of nitrogens with one attached hydrogen (secondary N) is 1. The lowest BCUT2D eigenvalue weighted by Gasteiger charge is -2.26. The number of fused-ring (bicyclic) bond motifs is 1. The molecular weight excluding hydrogens is 352 g/mol. The van der Waals surface area contributed by atoms with Crippen molar-refractivity contribution in [2.45, 2.75) is 39.7 Å². The summed E-state index contributed by atoms with van der Waals surface area (Å²) < 4.78 is 0. The normalized spacial score (nSPS) is 14.7. The Morgan fingerprint density at radius 3 is 2.27 bits per heavy atom. The zero-order valence-corrected chi connectivity index (χ0v) is 15.7. The summed E-state index contributed by atoms with van der Waals surface area (Å²) >= 11 is 1.29. The van der Waals surface area contributed by atoms with Gasteiger partial charge in [0.05, 0.1) is 11.1 Å². The Morgan fingerprint density at radius 2 is 1.77 bits per heavy atom. The molecule has 1 aromatic carbocycles. The summed E-state index contributed by atoms with van der Waals surface area (Å²) in [5.74, 6) is -1.17. The van der Waals surface area contributed by atoms with E-state index in [1.807, 2.05) is 20.8 Å². The van der Waals surface area contributed by atoms with Gasteiger partial charge in [-0.1, -0.05) is 44.2 Å². The van der Waals surface area contributed by atoms with E-state index >= 15 is 0 Å².